The van der Waals surface area contributed by atoms with Crippen LogP contribution in [0.3, 0.4) is 0 Å². The van der Waals surface area contributed by atoms with Crippen LogP contribution in [0.1, 0.15) is 84.8 Å². The molecule has 2 fully saturated rings. The molecule has 0 radical (unpaired) electrons. The van der Waals surface area contributed by atoms with Gasteiger partial charge in [-0.3, -0.25) is 19.4 Å². The molecule has 5 rings (SSSR count). The van der Waals surface area contributed by atoms with Crippen molar-refractivity contribution >= 4 is 11.8 Å². The van der Waals surface area contributed by atoms with Gasteiger partial charge in [-0.15, -0.1) is 0 Å². The number of pyridine rings is 1. The molecule has 2 aromatic rings. The molecule has 3 aliphatic rings. The average Bonchev–Trinajstić information content (AvgIpc) is 3.54. The third-order valence-electron chi connectivity index (χ3n) is 7.44. The first-order valence-corrected chi connectivity index (χ1v) is 12.2. The molecule has 1 atom stereocenters. The fourth-order valence-electron chi connectivity index (χ4n) is 5.59. The number of carbonyl (C=O) groups excluding carboxylic acids is 2. The predicted octanol–water partition coefficient (Wildman–Crippen LogP) is 3.00. The van der Waals surface area contributed by atoms with E-state index in [1.165, 1.54) is 25.7 Å². The third kappa shape index (κ3) is 4.56. The van der Waals surface area contributed by atoms with Crippen molar-refractivity contribution in [2.45, 2.75) is 70.4 Å². The van der Waals surface area contributed by atoms with E-state index in [4.69, 9.17) is 4.98 Å². The van der Waals surface area contributed by atoms with Crippen molar-refractivity contribution in [3.8, 4) is 0 Å². The van der Waals surface area contributed by atoms with Crippen molar-refractivity contribution in [2.24, 2.45) is 5.92 Å². The van der Waals surface area contributed by atoms with Crippen LogP contribution in [0.25, 0.3) is 0 Å². The summed E-state index contributed by atoms with van der Waals surface area (Å²) in [5, 5.41) is 0. The highest BCUT2D eigenvalue weighted by atomic mass is 16.2. The van der Waals surface area contributed by atoms with Gasteiger partial charge in [0.1, 0.15) is 5.82 Å². The lowest BCUT2D eigenvalue weighted by atomic mass is 10.0. The van der Waals surface area contributed by atoms with Crippen molar-refractivity contribution in [1.29, 1.82) is 0 Å². The first-order chi connectivity index (χ1) is 16.1. The summed E-state index contributed by atoms with van der Waals surface area (Å²) in [6.07, 6.45) is 12.0. The number of carbonyl (C=O) groups is 2. The first-order valence-electron chi connectivity index (χ1n) is 12.2. The normalized spacial score (nSPS) is 20.8. The maximum atomic E-state index is 13.0. The van der Waals surface area contributed by atoms with Crippen LogP contribution in [0.5, 0.6) is 0 Å². The molecule has 1 aliphatic carbocycles. The fraction of sp³-hybridized carbons (Fsp3) is 0.560. The zero-order valence-electron chi connectivity index (χ0n) is 19.0. The van der Waals surface area contributed by atoms with Gasteiger partial charge in [0.05, 0.1) is 18.3 Å². The van der Waals surface area contributed by atoms with Gasteiger partial charge >= 0.3 is 0 Å². The van der Waals surface area contributed by atoms with Gasteiger partial charge < -0.3 is 14.8 Å². The van der Waals surface area contributed by atoms with E-state index in [0.29, 0.717) is 61.0 Å². The number of nitrogens with zero attached hydrogens (tertiary/aromatic N) is 4. The lowest BCUT2D eigenvalue weighted by molar-refractivity contribution is -0.132. The molecule has 0 spiro atoms. The third-order valence-corrected chi connectivity index (χ3v) is 7.44. The van der Waals surface area contributed by atoms with E-state index < -0.39 is 0 Å². The number of aromatic amines is 1. The van der Waals surface area contributed by atoms with Gasteiger partial charge in [-0.1, -0.05) is 25.7 Å². The smallest absolute Gasteiger partial charge is 0.254 e. The molecule has 0 bridgehead atoms. The van der Waals surface area contributed by atoms with Crippen molar-refractivity contribution in [3.63, 3.8) is 0 Å². The topological polar surface area (TPSA) is 99.3 Å². The second-order valence-electron chi connectivity index (χ2n) is 9.52. The van der Waals surface area contributed by atoms with Gasteiger partial charge in [-0.25, -0.2) is 4.98 Å². The highest BCUT2D eigenvalue weighted by molar-refractivity contribution is 5.94. The fourth-order valence-corrected chi connectivity index (χ4v) is 5.59. The van der Waals surface area contributed by atoms with Gasteiger partial charge in [0, 0.05) is 43.0 Å². The largest absolute Gasteiger partial charge is 0.333 e. The zero-order valence-corrected chi connectivity index (χ0v) is 19.0. The molecule has 33 heavy (non-hydrogen) atoms. The molecule has 2 aliphatic heterocycles. The van der Waals surface area contributed by atoms with E-state index in [1.807, 2.05) is 4.90 Å². The number of amides is 2. The van der Waals surface area contributed by atoms with Crippen molar-refractivity contribution < 1.29 is 9.59 Å². The Bertz CT molecular complexity index is 1080. The monoisotopic (exact) mass is 449 g/mol. The van der Waals surface area contributed by atoms with Crippen molar-refractivity contribution in [1.82, 2.24) is 24.8 Å². The molecule has 174 valence electrons. The van der Waals surface area contributed by atoms with Crippen molar-refractivity contribution in [2.75, 3.05) is 13.1 Å². The number of nitrogens with one attached hydrogen (secondary N) is 1. The standard InChI is InChI=1S/C25H31N5O3/c31-22(8-7-17-4-1-2-5-17)30-14-3-6-21(30)23-27-20-16-29(15-11-19(20)24(32)28-23)25(33)18-9-12-26-13-10-18/h9-10,12-13,17,21H,1-8,11,14-16H2,(H,27,28,32)/t21-/m0/s1. The second kappa shape index (κ2) is 9.45. The Labute approximate surface area is 193 Å². The quantitative estimate of drug-likeness (QED) is 0.757. The van der Waals surface area contributed by atoms with Gasteiger partial charge in [-0.2, -0.15) is 0 Å². The summed E-state index contributed by atoms with van der Waals surface area (Å²) < 4.78 is 0. The predicted molar refractivity (Wildman–Crippen MR) is 122 cm³/mol. The number of H-pyrrole nitrogens is 1. The molecule has 1 saturated carbocycles. The molecule has 0 unspecified atom stereocenters. The first kappa shape index (κ1) is 21.8. The maximum Gasteiger partial charge on any atom is 0.254 e. The van der Waals surface area contributed by atoms with E-state index in [1.54, 1.807) is 29.4 Å². The van der Waals surface area contributed by atoms with Crippen LogP contribution in [-0.4, -0.2) is 49.7 Å². The maximum absolute atomic E-state index is 13.0. The van der Waals surface area contributed by atoms with Gasteiger partial charge in [0.15, 0.2) is 0 Å². The number of fused-ring (bicyclic) bond motifs is 1. The summed E-state index contributed by atoms with van der Waals surface area (Å²) in [5.74, 6) is 1.32. The molecule has 2 aromatic heterocycles. The van der Waals surface area contributed by atoms with Crippen LogP contribution in [-0.2, 0) is 17.8 Å². The average molecular weight is 450 g/mol. The summed E-state index contributed by atoms with van der Waals surface area (Å²) in [6.45, 7) is 1.49. The van der Waals surface area contributed by atoms with Crippen LogP contribution >= 0.6 is 0 Å². The summed E-state index contributed by atoms with van der Waals surface area (Å²) in [6, 6.07) is 3.20. The van der Waals surface area contributed by atoms with Crippen LogP contribution in [0.4, 0.5) is 0 Å². The highest BCUT2D eigenvalue weighted by Crippen LogP contribution is 2.33. The highest BCUT2D eigenvalue weighted by Gasteiger charge is 2.33. The molecule has 1 N–H and O–H groups in total. The van der Waals surface area contributed by atoms with E-state index >= 15 is 0 Å². The Morgan fingerprint density at radius 3 is 2.64 bits per heavy atom. The Kier molecular flexibility index (Phi) is 6.24. The number of rotatable bonds is 5. The summed E-state index contributed by atoms with van der Waals surface area (Å²) in [5.41, 5.74) is 1.73. The van der Waals surface area contributed by atoms with Crippen molar-refractivity contribution in [3.05, 3.63) is 57.5 Å². The minimum absolute atomic E-state index is 0.0868. The van der Waals surface area contributed by atoms with Crippen LogP contribution < -0.4 is 5.56 Å². The van der Waals surface area contributed by atoms with Gasteiger partial charge in [-0.05, 0) is 43.7 Å². The van der Waals surface area contributed by atoms with Gasteiger partial charge in [0.25, 0.3) is 11.5 Å². The minimum Gasteiger partial charge on any atom is -0.333 e. The summed E-state index contributed by atoms with van der Waals surface area (Å²) >= 11 is 0. The van der Waals surface area contributed by atoms with E-state index in [0.717, 1.165) is 19.3 Å². The molecular formula is C25H31N5O3. The number of aromatic nitrogens is 3. The molecule has 8 nitrogen and oxygen atoms in total. The molecule has 0 aromatic carbocycles. The Morgan fingerprint density at radius 2 is 1.85 bits per heavy atom. The number of likely N-dealkylation sites (tertiary alicyclic amines) is 1. The Morgan fingerprint density at radius 1 is 1.06 bits per heavy atom. The molecule has 1 saturated heterocycles. The lowest BCUT2D eigenvalue weighted by Crippen LogP contribution is -2.40. The summed E-state index contributed by atoms with van der Waals surface area (Å²) in [4.78, 5) is 54.1. The van der Waals surface area contributed by atoms with Crippen LogP contribution in [0, 0.1) is 5.92 Å². The molecular weight excluding hydrogens is 418 g/mol. The van der Waals surface area contributed by atoms with Gasteiger partial charge in [0.2, 0.25) is 5.91 Å². The number of hydrogen-bond donors (Lipinski definition) is 1. The Balaban J connectivity index is 1.32. The van der Waals surface area contributed by atoms with E-state index in [2.05, 4.69) is 9.97 Å². The van der Waals surface area contributed by atoms with Crippen LogP contribution in [0.15, 0.2) is 29.3 Å². The number of hydrogen-bond acceptors (Lipinski definition) is 5. The SMILES string of the molecule is O=C(c1ccncc1)N1CCc2c(nc([C@@H]3CCCN3C(=O)CCC3CCCC3)[nH]c2=O)C1. The zero-order chi connectivity index (χ0) is 22.8. The second-order valence-corrected chi connectivity index (χ2v) is 9.52. The van der Waals surface area contributed by atoms with E-state index in [9.17, 15) is 14.4 Å². The molecule has 2 amide bonds. The molecule has 8 heteroatoms. The molecule has 4 heterocycles. The minimum atomic E-state index is -0.189. The van der Waals surface area contributed by atoms with E-state index in [-0.39, 0.29) is 23.4 Å². The lowest BCUT2D eigenvalue weighted by Gasteiger charge is -2.29. The summed E-state index contributed by atoms with van der Waals surface area (Å²) in [7, 11) is 0. The Hall–Kier alpha value is -3.03. The van der Waals surface area contributed by atoms with Crippen LogP contribution in [0.2, 0.25) is 0 Å².